The number of rotatable bonds is 5. The second kappa shape index (κ2) is 7.89. The van der Waals surface area contributed by atoms with Gasteiger partial charge in [-0.25, -0.2) is 0 Å². The average molecular weight is 415 g/mol. The maximum Gasteiger partial charge on any atom is 0.418 e. The number of benzene rings is 1. The maximum atomic E-state index is 13.1. The number of alkyl halides is 3. The quantitative estimate of drug-likeness (QED) is 0.769. The number of aliphatic hydroxyl groups is 2. The van der Waals surface area contributed by atoms with Crippen molar-refractivity contribution in [2.24, 2.45) is 5.41 Å². The summed E-state index contributed by atoms with van der Waals surface area (Å²) in [4.78, 5) is 14.7. The third-order valence-electron chi connectivity index (χ3n) is 6.17. The lowest BCUT2D eigenvalue weighted by molar-refractivity contribution is -0.206. The summed E-state index contributed by atoms with van der Waals surface area (Å²) in [6, 6.07) is 5.29. The van der Waals surface area contributed by atoms with Gasteiger partial charge >= 0.3 is 6.18 Å². The van der Waals surface area contributed by atoms with Crippen LogP contribution >= 0.6 is 0 Å². The van der Waals surface area contributed by atoms with E-state index in [0.29, 0.717) is 44.3 Å². The molecule has 1 atom stereocenters. The highest BCUT2D eigenvalue weighted by atomic mass is 19.4. The Kier molecular flexibility index (Phi) is 6.00. The molecular formula is C21H28F3NO4. The van der Waals surface area contributed by atoms with Crippen LogP contribution < -0.4 is 4.90 Å². The monoisotopic (exact) mass is 415 g/mol. The summed E-state index contributed by atoms with van der Waals surface area (Å²) in [7, 11) is 0. The third kappa shape index (κ3) is 4.59. The molecule has 1 spiro atoms. The molecule has 0 unspecified atom stereocenters. The second-order valence-electron chi connectivity index (χ2n) is 8.61. The van der Waals surface area contributed by atoms with Crippen LogP contribution in [0.5, 0.6) is 0 Å². The molecule has 29 heavy (non-hydrogen) atoms. The molecule has 1 saturated heterocycles. The SMILES string of the molecule is CC(C)OCC1(O)CCC2(CCN(c3ccc([C@@H](O)C(F)(F)F)cc3)C2=O)CC1. The molecule has 3 rings (SSSR count). The zero-order valence-corrected chi connectivity index (χ0v) is 16.7. The maximum absolute atomic E-state index is 13.1. The molecule has 1 aliphatic carbocycles. The van der Waals surface area contributed by atoms with Crippen molar-refractivity contribution in [2.75, 3.05) is 18.1 Å². The number of anilines is 1. The van der Waals surface area contributed by atoms with Gasteiger partial charge in [-0.1, -0.05) is 12.1 Å². The van der Waals surface area contributed by atoms with E-state index in [9.17, 15) is 28.2 Å². The van der Waals surface area contributed by atoms with Gasteiger partial charge in [-0.05, 0) is 63.6 Å². The molecule has 0 aromatic heterocycles. The second-order valence-corrected chi connectivity index (χ2v) is 8.61. The summed E-state index contributed by atoms with van der Waals surface area (Å²) in [6.45, 7) is 4.55. The number of halogens is 3. The van der Waals surface area contributed by atoms with Crippen LogP contribution in [0.2, 0.25) is 0 Å². The minimum atomic E-state index is -4.73. The number of hydrogen-bond donors (Lipinski definition) is 2. The number of carbonyl (C=O) groups excluding carboxylic acids is 1. The molecule has 5 nitrogen and oxygen atoms in total. The van der Waals surface area contributed by atoms with Crippen LogP contribution in [-0.2, 0) is 9.53 Å². The first kappa shape index (κ1) is 22.1. The predicted octanol–water partition coefficient (Wildman–Crippen LogP) is 3.74. The van der Waals surface area contributed by atoms with Crippen molar-refractivity contribution >= 4 is 11.6 Å². The van der Waals surface area contributed by atoms with E-state index in [1.807, 2.05) is 13.8 Å². The fourth-order valence-electron chi connectivity index (χ4n) is 4.22. The molecule has 8 heteroatoms. The van der Waals surface area contributed by atoms with E-state index in [2.05, 4.69) is 0 Å². The fourth-order valence-corrected chi connectivity index (χ4v) is 4.22. The number of ether oxygens (including phenoxy) is 1. The molecule has 2 fully saturated rings. The summed E-state index contributed by atoms with van der Waals surface area (Å²) in [5.74, 6) is -0.0477. The van der Waals surface area contributed by atoms with Gasteiger partial charge in [-0.2, -0.15) is 13.2 Å². The molecular weight excluding hydrogens is 387 g/mol. The van der Waals surface area contributed by atoms with E-state index in [4.69, 9.17) is 4.74 Å². The van der Waals surface area contributed by atoms with Gasteiger partial charge in [0.05, 0.1) is 23.7 Å². The van der Waals surface area contributed by atoms with Crippen LogP contribution in [0, 0.1) is 5.41 Å². The van der Waals surface area contributed by atoms with E-state index in [0.717, 1.165) is 0 Å². The Bertz CT molecular complexity index is 724. The van der Waals surface area contributed by atoms with Crippen LogP contribution in [0.4, 0.5) is 18.9 Å². The number of nitrogens with zero attached hydrogens (tertiary/aromatic N) is 1. The molecule has 1 heterocycles. The number of aliphatic hydroxyl groups excluding tert-OH is 1. The van der Waals surface area contributed by atoms with Crippen molar-refractivity contribution in [3.63, 3.8) is 0 Å². The van der Waals surface area contributed by atoms with Gasteiger partial charge in [0, 0.05) is 12.2 Å². The summed E-state index contributed by atoms with van der Waals surface area (Å²) in [5.41, 5.74) is -1.18. The summed E-state index contributed by atoms with van der Waals surface area (Å²) in [6.07, 6.45) is -4.51. The standard InChI is InChI=1S/C21H28F3NO4/c1-14(2)29-13-20(28)9-7-19(8-10-20)11-12-25(18(19)27)16-5-3-15(4-6-16)17(26)21(22,23)24/h3-6,14,17,26,28H,7-13H2,1-2H3/t17-,19?,20?/m1/s1. The zero-order valence-electron chi connectivity index (χ0n) is 16.7. The van der Waals surface area contributed by atoms with Crippen molar-refractivity contribution in [3.05, 3.63) is 29.8 Å². The number of amides is 1. The minimum Gasteiger partial charge on any atom is -0.387 e. The van der Waals surface area contributed by atoms with Crippen molar-refractivity contribution < 1.29 is 32.9 Å². The van der Waals surface area contributed by atoms with Gasteiger partial charge in [0.2, 0.25) is 5.91 Å². The van der Waals surface area contributed by atoms with E-state index >= 15 is 0 Å². The van der Waals surface area contributed by atoms with Crippen LogP contribution in [0.15, 0.2) is 24.3 Å². The predicted molar refractivity (Wildman–Crippen MR) is 101 cm³/mol. The topological polar surface area (TPSA) is 70.0 Å². The first-order valence-corrected chi connectivity index (χ1v) is 9.97. The molecule has 0 radical (unpaired) electrons. The van der Waals surface area contributed by atoms with Crippen LogP contribution in [0.1, 0.15) is 57.6 Å². The largest absolute Gasteiger partial charge is 0.418 e. The van der Waals surface area contributed by atoms with Crippen LogP contribution in [0.3, 0.4) is 0 Å². The molecule has 1 saturated carbocycles. The summed E-state index contributed by atoms with van der Waals surface area (Å²) < 4.78 is 43.5. The molecule has 1 aliphatic heterocycles. The van der Waals surface area contributed by atoms with Gasteiger partial charge < -0.3 is 19.8 Å². The highest BCUT2D eigenvalue weighted by Crippen LogP contribution is 2.48. The number of hydrogen-bond acceptors (Lipinski definition) is 4. The molecule has 0 bridgehead atoms. The van der Waals surface area contributed by atoms with Crippen molar-refractivity contribution in [3.8, 4) is 0 Å². The van der Waals surface area contributed by atoms with Gasteiger partial charge in [0.15, 0.2) is 6.10 Å². The Balaban J connectivity index is 1.66. The Morgan fingerprint density at radius 1 is 1.10 bits per heavy atom. The molecule has 1 aromatic rings. The zero-order chi connectivity index (χ0) is 21.4. The average Bonchev–Trinajstić information content (AvgIpc) is 2.98. The molecule has 2 N–H and O–H groups in total. The minimum absolute atomic E-state index is 0.0253. The van der Waals surface area contributed by atoms with E-state index in [-0.39, 0.29) is 24.2 Å². The van der Waals surface area contributed by atoms with Crippen LogP contribution in [0.25, 0.3) is 0 Å². The lowest BCUT2D eigenvalue weighted by atomic mass is 9.68. The summed E-state index contributed by atoms with van der Waals surface area (Å²) >= 11 is 0. The third-order valence-corrected chi connectivity index (χ3v) is 6.17. The smallest absolute Gasteiger partial charge is 0.387 e. The summed E-state index contributed by atoms with van der Waals surface area (Å²) in [5, 5.41) is 20.1. The van der Waals surface area contributed by atoms with Crippen LogP contribution in [-0.4, -0.2) is 47.2 Å². The van der Waals surface area contributed by atoms with Gasteiger partial charge in [-0.15, -0.1) is 0 Å². The first-order valence-electron chi connectivity index (χ1n) is 9.97. The van der Waals surface area contributed by atoms with E-state index < -0.39 is 23.3 Å². The molecule has 162 valence electrons. The molecule has 1 aromatic carbocycles. The Labute approximate surface area is 168 Å². The van der Waals surface area contributed by atoms with Crippen molar-refractivity contribution in [2.45, 2.75) is 69.9 Å². The Morgan fingerprint density at radius 3 is 2.21 bits per heavy atom. The lowest BCUT2D eigenvalue weighted by Gasteiger charge is -2.41. The van der Waals surface area contributed by atoms with Crippen molar-refractivity contribution in [1.82, 2.24) is 0 Å². The highest BCUT2D eigenvalue weighted by Gasteiger charge is 2.51. The molecule has 1 amide bonds. The Morgan fingerprint density at radius 2 is 1.69 bits per heavy atom. The lowest BCUT2D eigenvalue weighted by Crippen LogP contribution is -2.46. The highest BCUT2D eigenvalue weighted by molar-refractivity contribution is 6.00. The first-order chi connectivity index (χ1) is 13.5. The van der Waals surface area contributed by atoms with Gasteiger partial charge in [0.1, 0.15) is 0 Å². The molecule has 2 aliphatic rings. The fraction of sp³-hybridized carbons (Fsp3) is 0.667. The van der Waals surface area contributed by atoms with Gasteiger partial charge in [0.25, 0.3) is 0 Å². The normalized spacial score (nSPS) is 29.1. The van der Waals surface area contributed by atoms with E-state index in [1.54, 1.807) is 4.90 Å². The number of carbonyl (C=O) groups is 1. The van der Waals surface area contributed by atoms with Crippen molar-refractivity contribution in [1.29, 1.82) is 0 Å². The van der Waals surface area contributed by atoms with Gasteiger partial charge in [-0.3, -0.25) is 4.79 Å². The van der Waals surface area contributed by atoms with E-state index in [1.165, 1.54) is 24.3 Å². The Hall–Kier alpha value is -1.64.